The van der Waals surface area contributed by atoms with Crippen molar-refractivity contribution in [2.24, 2.45) is 0 Å². The van der Waals surface area contributed by atoms with Crippen molar-refractivity contribution < 1.29 is 18.3 Å². The molecule has 0 radical (unpaired) electrons. The molecule has 0 unspecified atom stereocenters. The van der Waals surface area contributed by atoms with Crippen LogP contribution in [-0.4, -0.2) is 16.1 Å². The molecule has 138 valence electrons. The quantitative estimate of drug-likeness (QED) is 0.466. The van der Waals surface area contributed by atoms with Gasteiger partial charge in [-0.25, -0.2) is 18.6 Å². The van der Waals surface area contributed by atoms with Crippen molar-refractivity contribution in [1.82, 2.24) is 9.97 Å². The maximum Gasteiger partial charge on any atom is 0.416 e. The van der Waals surface area contributed by atoms with E-state index in [0.29, 0.717) is 28.2 Å². The standard InChI is InChI=1S/C19H14ClF2N3O2/c1-9(2)27-19(26)25-17-5-13(14(21)6-15(17)22)12-4-11-8-23-18(20)7-16(11)24-10(12)3/h4-8H,1H2,2-3H3,(H,25,26). The van der Waals surface area contributed by atoms with Crippen LogP contribution in [0.4, 0.5) is 19.3 Å². The lowest BCUT2D eigenvalue weighted by Crippen LogP contribution is -2.13. The van der Waals surface area contributed by atoms with E-state index in [1.54, 1.807) is 19.1 Å². The van der Waals surface area contributed by atoms with Crippen molar-refractivity contribution in [2.75, 3.05) is 5.32 Å². The number of benzene rings is 1. The van der Waals surface area contributed by atoms with Gasteiger partial charge in [0, 0.05) is 40.5 Å². The van der Waals surface area contributed by atoms with Crippen LogP contribution in [0.15, 0.2) is 42.8 Å². The molecule has 5 nitrogen and oxygen atoms in total. The molecular formula is C19H14ClF2N3O2. The highest BCUT2D eigenvalue weighted by molar-refractivity contribution is 6.30. The van der Waals surface area contributed by atoms with Crippen LogP contribution >= 0.6 is 11.6 Å². The number of rotatable bonds is 3. The average Bonchev–Trinajstić information content (AvgIpc) is 2.56. The normalized spacial score (nSPS) is 10.7. The van der Waals surface area contributed by atoms with Crippen molar-refractivity contribution >= 4 is 34.3 Å². The second-order valence-electron chi connectivity index (χ2n) is 5.85. The maximum absolute atomic E-state index is 14.4. The van der Waals surface area contributed by atoms with E-state index in [1.165, 1.54) is 19.2 Å². The number of nitrogens with one attached hydrogen (secondary N) is 1. The molecule has 2 heterocycles. The van der Waals surface area contributed by atoms with Crippen molar-refractivity contribution in [3.8, 4) is 11.1 Å². The van der Waals surface area contributed by atoms with Gasteiger partial charge in [-0.2, -0.15) is 0 Å². The van der Waals surface area contributed by atoms with E-state index in [4.69, 9.17) is 16.3 Å². The predicted molar refractivity (Wildman–Crippen MR) is 99.6 cm³/mol. The molecule has 0 aliphatic rings. The zero-order chi connectivity index (χ0) is 19.7. The lowest BCUT2D eigenvalue weighted by molar-refractivity contribution is 0.192. The minimum absolute atomic E-state index is 0.0730. The largest absolute Gasteiger partial charge is 0.416 e. The number of ether oxygens (including phenoxy) is 1. The number of aryl methyl sites for hydroxylation is 1. The number of hydrogen-bond acceptors (Lipinski definition) is 4. The van der Waals surface area contributed by atoms with Crippen LogP contribution in [0.5, 0.6) is 0 Å². The van der Waals surface area contributed by atoms with Gasteiger partial charge in [0.15, 0.2) is 0 Å². The fourth-order valence-corrected chi connectivity index (χ4v) is 2.71. The lowest BCUT2D eigenvalue weighted by Gasteiger charge is -2.12. The first-order valence-electron chi connectivity index (χ1n) is 7.81. The van der Waals surface area contributed by atoms with Gasteiger partial charge in [0.05, 0.1) is 17.0 Å². The highest BCUT2D eigenvalue weighted by Gasteiger charge is 2.17. The van der Waals surface area contributed by atoms with Crippen LogP contribution < -0.4 is 5.32 Å². The fourth-order valence-electron chi connectivity index (χ4n) is 2.56. The Hall–Kier alpha value is -3.06. The first-order valence-corrected chi connectivity index (χ1v) is 8.19. The molecular weight excluding hydrogens is 376 g/mol. The van der Waals surface area contributed by atoms with Crippen molar-refractivity contribution in [1.29, 1.82) is 0 Å². The number of amides is 1. The molecule has 3 aromatic rings. The number of allylic oxidation sites excluding steroid dienone is 1. The van der Waals surface area contributed by atoms with Crippen LogP contribution in [0.25, 0.3) is 22.0 Å². The summed E-state index contributed by atoms with van der Waals surface area (Å²) >= 11 is 5.86. The average molecular weight is 390 g/mol. The number of nitrogens with zero attached hydrogens (tertiary/aromatic N) is 2. The number of aromatic nitrogens is 2. The first kappa shape index (κ1) is 18.7. The van der Waals surface area contributed by atoms with Gasteiger partial charge in [-0.3, -0.25) is 10.3 Å². The monoisotopic (exact) mass is 389 g/mol. The third kappa shape index (κ3) is 4.03. The third-order valence-corrected chi connectivity index (χ3v) is 3.91. The minimum atomic E-state index is -0.935. The lowest BCUT2D eigenvalue weighted by atomic mass is 10.0. The summed E-state index contributed by atoms with van der Waals surface area (Å²) in [5.41, 5.74) is 1.38. The Kier molecular flexibility index (Phi) is 5.05. The van der Waals surface area contributed by atoms with Gasteiger partial charge in [0.2, 0.25) is 0 Å². The molecule has 3 rings (SSSR count). The Morgan fingerprint density at radius 2 is 1.93 bits per heavy atom. The van der Waals surface area contributed by atoms with E-state index < -0.39 is 17.7 Å². The number of halogens is 3. The Bertz CT molecular complexity index is 1090. The van der Waals surface area contributed by atoms with E-state index in [0.717, 1.165) is 0 Å². The molecule has 2 aromatic heterocycles. The van der Waals surface area contributed by atoms with Crippen LogP contribution in [-0.2, 0) is 4.74 Å². The summed E-state index contributed by atoms with van der Waals surface area (Å²) in [5, 5.41) is 3.16. The van der Waals surface area contributed by atoms with Crippen LogP contribution in [0.3, 0.4) is 0 Å². The summed E-state index contributed by atoms with van der Waals surface area (Å²) in [6.07, 6.45) is 0.587. The van der Waals surface area contributed by atoms with Crippen LogP contribution in [0.2, 0.25) is 5.15 Å². The maximum atomic E-state index is 14.4. The second kappa shape index (κ2) is 7.28. The first-order chi connectivity index (χ1) is 12.7. The molecule has 0 bridgehead atoms. The van der Waals surface area contributed by atoms with Gasteiger partial charge in [-0.15, -0.1) is 0 Å². The number of carbonyl (C=O) groups is 1. The number of anilines is 1. The summed E-state index contributed by atoms with van der Waals surface area (Å²) in [4.78, 5) is 20.1. The van der Waals surface area contributed by atoms with Gasteiger partial charge in [0.1, 0.15) is 16.8 Å². The molecule has 0 atom stereocenters. The highest BCUT2D eigenvalue weighted by Crippen LogP contribution is 2.32. The Morgan fingerprint density at radius 3 is 2.63 bits per heavy atom. The number of carbonyl (C=O) groups excluding carboxylic acids is 1. The van der Waals surface area contributed by atoms with E-state index >= 15 is 0 Å². The molecule has 0 spiro atoms. The van der Waals surface area contributed by atoms with Crippen molar-refractivity contribution in [3.63, 3.8) is 0 Å². The topological polar surface area (TPSA) is 64.1 Å². The summed E-state index contributed by atoms with van der Waals surface area (Å²) < 4.78 is 33.3. The Morgan fingerprint density at radius 1 is 1.19 bits per heavy atom. The van der Waals surface area contributed by atoms with Crippen LogP contribution in [0.1, 0.15) is 12.6 Å². The number of pyridine rings is 2. The molecule has 0 fully saturated rings. The predicted octanol–water partition coefficient (Wildman–Crippen LogP) is 5.62. The van der Waals surface area contributed by atoms with Crippen molar-refractivity contribution in [2.45, 2.75) is 13.8 Å². The van der Waals surface area contributed by atoms with Gasteiger partial charge in [0.25, 0.3) is 0 Å². The third-order valence-electron chi connectivity index (χ3n) is 3.71. The molecule has 0 aliphatic heterocycles. The van der Waals surface area contributed by atoms with E-state index in [-0.39, 0.29) is 22.2 Å². The Balaban J connectivity index is 2.08. The molecule has 8 heteroatoms. The summed E-state index contributed by atoms with van der Waals surface area (Å²) in [5.74, 6) is -1.59. The van der Waals surface area contributed by atoms with Gasteiger partial charge < -0.3 is 4.74 Å². The van der Waals surface area contributed by atoms with Gasteiger partial charge in [-0.1, -0.05) is 18.2 Å². The van der Waals surface area contributed by atoms with Crippen LogP contribution in [0, 0.1) is 18.6 Å². The SMILES string of the molecule is C=C(C)OC(=O)Nc1cc(-c2cc3cnc(Cl)cc3nc2C)c(F)cc1F. The zero-order valence-corrected chi connectivity index (χ0v) is 15.2. The molecule has 1 amide bonds. The van der Waals surface area contributed by atoms with Gasteiger partial charge in [-0.05, 0) is 26.0 Å². The molecule has 0 aliphatic carbocycles. The number of fused-ring (bicyclic) bond motifs is 1. The Labute approximate surface area is 158 Å². The smallest absolute Gasteiger partial charge is 0.416 e. The summed E-state index contributed by atoms with van der Waals surface area (Å²) in [6.45, 7) is 6.58. The van der Waals surface area contributed by atoms with Crippen molar-refractivity contribution in [3.05, 3.63) is 65.3 Å². The summed E-state index contributed by atoms with van der Waals surface area (Å²) in [6, 6.07) is 5.14. The molecule has 1 N–H and O–H groups in total. The van der Waals surface area contributed by atoms with E-state index in [9.17, 15) is 13.6 Å². The summed E-state index contributed by atoms with van der Waals surface area (Å²) in [7, 11) is 0. The van der Waals surface area contributed by atoms with E-state index in [1.807, 2.05) is 0 Å². The molecule has 27 heavy (non-hydrogen) atoms. The highest BCUT2D eigenvalue weighted by atomic mass is 35.5. The number of hydrogen-bond donors (Lipinski definition) is 1. The van der Waals surface area contributed by atoms with E-state index in [2.05, 4.69) is 21.9 Å². The zero-order valence-electron chi connectivity index (χ0n) is 14.4. The fraction of sp³-hybridized carbons (Fsp3) is 0.105. The minimum Gasteiger partial charge on any atom is -0.416 e. The molecule has 0 saturated carbocycles. The van der Waals surface area contributed by atoms with Gasteiger partial charge >= 0.3 is 6.09 Å². The molecule has 0 saturated heterocycles. The second-order valence-corrected chi connectivity index (χ2v) is 6.24. The molecule has 1 aromatic carbocycles.